The second-order valence-electron chi connectivity index (χ2n) is 4.87. The lowest BCUT2D eigenvalue weighted by Gasteiger charge is -2.28. The van der Waals surface area contributed by atoms with E-state index in [1.54, 1.807) is 0 Å². The molecule has 18 heavy (non-hydrogen) atoms. The van der Waals surface area contributed by atoms with Gasteiger partial charge < -0.3 is 5.73 Å². The topological polar surface area (TPSA) is 26.0 Å². The maximum Gasteiger partial charge on any atom is 0.416 e. The predicted molar refractivity (Wildman–Crippen MR) is 60.3 cm³/mol. The lowest BCUT2D eigenvalue weighted by atomic mass is 9.79. The summed E-state index contributed by atoms with van der Waals surface area (Å²) in [5, 5.41) is 0. The molecule has 1 aromatic carbocycles. The van der Waals surface area contributed by atoms with E-state index in [9.17, 15) is 17.6 Å². The second-order valence-corrected chi connectivity index (χ2v) is 4.87. The fraction of sp³-hybridized carbons (Fsp3) is 0.538. The van der Waals surface area contributed by atoms with Crippen molar-refractivity contribution >= 4 is 0 Å². The molecule has 1 atom stereocenters. The fourth-order valence-corrected chi connectivity index (χ4v) is 2.22. The van der Waals surface area contributed by atoms with Crippen LogP contribution in [0.2, 0.25) is 0 Å². The molecule has 1 aliphatic rings. The molecular weight excluding hydrogens is 246 g/mol. The molecule has 1 nitrogen and oxygen atoms in total. The number of rotatable bonds is 3. The monoisotopic (exact) mass is 261 g/mol. The van der Waals surface area contributed by atoms with Gasteiger partial charge in [-0.05, 0) is 30.5 Å². The van der Waals surface area contributed by atoms with E-state index >= 15 is 0 Å². The molecule has 1 aliphatic carbocycles. The van der Waals surface area contributed by atoms with Crippen LogP contribution >= 0.6 is 0 Å². The van der Waals surface area contributed by atoms with E-state index in [4.69, 9.17) is 5.73 Å². The van der Waals surface area contributed by atoms with Crippen LogP contribution in [0.4, 0.5) is 17.6 Å². The van der Waals surface area contributed by atoms with Crippen LogP contribution in [0.15, 0.2) is 18.2 Å². The van der Waals surface area contributed by atoms with Gasteiger partial charge in [0.05, 0.1) is 5.56 Å². The molecule has 0 spiro atoms. The Labute approximate surface area is 103 Å². The molecule has 0 amide bonds. The first-order valence-corrected chi connectivity index (χ1v) is 6.00. The van der Waals surface area contributed by atoms with Crippen molar-refractivity contribution in [3.05, 3.63) is 35.1 Å². The minimum Gasteiger partial charge on any atom is -0.324 e. The fourth-order valence-electron chi connectivity index (χ4n) is 2.22. The number of benzene rings is 1. The summed E-state index contributed by atoms with van der Waals surface area (Å²) in [6.07, 6.45) is -0.706. The zero-order valence-corrected chi connectivity index (χ0v) is 9.80. The minimum absolute atomic E-state index is 0.0308. The van der Waals surface area contributed by atoms with Crippen LogP contribution in [-0.2, 0) is 6.18 Å². The summed E-state index contributed by atoms with van der Waals surface area (Å²) in [7, 11) is 0. The largest absolute Gasteiger partial charge is 0.416 e. The summed E-state index contributed by atoms with van der Waals surface area (Å²) in [5.41, 5.74) is 4.94. The summed E-state index contributed by atoms with van der Waals surface area (Å²) in [5.74, 6) is -0.233. The van der Waals surface area contributed by atoms with Gasteiger partial charge >= 0.3 is 6.18 Å². The molecule has 100 valence electrons. The third kappa shape index (κ3) is 2.83. The molecule has 1 saturated carbocycles. The first kappa shape index (κ1) is 13.3. The molecule has 0 aromatic heterocycles. The average molecular weight is 261 g/mol. The summed E-state index contributed by atoms with van der Waals surface area (Å²) in [6, 6.07) is 1.77. The van der Waals surface area contributed by atoms with E-state index in [0.29, 0.717) is 12.3 Å². The molecule has 5 heteroatoms. The van der Waals surface area contributed by atoms with E-state index in [2.05, 4.69) is 0 Å². The van der Waals surface area contributed by atoms with Gasteiger partial charge in [-0.15, -0.1) is 0 Å². The average Bonchev–Trinajstić information content (AvgIpc) is 2.22. The Morgan fingerprint density at radius 1 is 1.28 bits per heavy atom. The van der Waals surface area contributed by atoms with Crippen molar-refractivity contribution in [2.75, 3.05) is 0 Å². The Balaban J connectivity index is 2.19. The molecule has 0 aliphatic heterocycles. The van der Waals surface area contributed by atoms with Crippen molar-refractivity contribution in [3.63, 3.8) is 0 Å². The Bertz CT molecular complexity index is 423. The number of nitrogens with two attached hydrogens (primary N) is 1. The normalized spacial score (nSPS) is 18.5. The van der Waals surface area contributed by atoms with Gasteiger partial charge in [-0.3, -0.25) is 0 Å². The number of hydrogen-bond donors (Lipinski definition) is 1. The lowest BCUT2D eigenvalue weighted by molar-refractivity contribution is -0.137. The maximum absolute atomic E-state index is 13.5. The molecule has 1 fully saturated rings. The smallest absolute Gasteiger partial charge is 0.324 e. The van der Waals surface area contributed by atoms with Crippen LogP contribution < -0.4 is 5.73 Å². The predicted octanol–water partition coefficient (Wildman–Crippen LogP) is 4.03. The highest BCUT2D eigenvalue weighted by Gasteiger charge is 2.32. The lowest BCUT2D eigenvalue weighted by Crippen LogP contribution is -2.21. The van der Waals surface area contributed by atoms with Crippen molar-refractivity contribution in [1.82, 2.24) is 0 Å². The molecule has 2 rings (SSSR count). The van der Waals surface area contributed by atoms with Gasteiger partial charge in [-0.1, -0.05) is 19.3 Å². The van der Waals surface area contributed by atoms with Gasteiger partial charge in [0.15, 0.2) is 0 Å². The molecule has 1 aromatic rings. The molecule has 2 N–H and O–H groups in total. The van der Waals surface area contributed by atoms with Crippen LogP contribution in [0.25, 0.3) is 0 Å². The second kappa shape index (κ2) is 4.88. The summed E-state index contributed by atoms with van der Waals surface area (Å²) in [6.45, 7) is 0. The van der Waals surface area contributed by atoms with E-state index in [1.165, 1.54) is 0 Å². The van der Waals surface area contributed by atoms with Crippen LogP contribution in [-0.4, -0.2) is 0 Å². The zero-order valence-electron chi connectivity index (χ0n) is 9.80. The minimum atomic E-state index is -4.46. The van der Waals surface area contributed by atoms with Crippen molar-refractivity contribution < 1.29 is 17.6 Å². The van der Waals surface area contributed by atoms with E-state index in [1.807, 2.05) is 0 Å². The molecule has 1 unspecified atom stereocenters. The van der Waals surface area contributed by atoms with Crippen LogP contribution in [0.1, 0.15) is 42.9 Å². The van der Waals surface area contributed by atoms with E-state index < -0.39 is 23.6 Å². The Morgan fingerprint density at radius 3 is 2.44 bits per heavy atom. The van der Waals surface area contributed by atoms with Gasteiger partial charge in [0.1, 0.15) is 5.82 Å². The maximum atomic E-state index is 13.5. The van der Waals surface area contributed by atoms with Gasteiger partial charge in [0.2, 0.25) is 0 Å². The number of hydrogen-bond acceptors (Lipinski definition) is 1. The molecule has 0 saturated heterocycles. The van der Waals surface area contributed by atoms with Crippen LogP contribution in [0.5, 0.6) is 0 Å². The van der Waals surface area contributed by atoms with Crippen LogP contribution in [0.3, 0.4) is 0 Å². The summed E-state index contributed by atoms with van der Waals surface area (Å²) in [4.78, 5) is 0. The third-order valence-electron chi connectivity index (χ3n) is 3.53. The standard InChI is InChI=1S/C13H15F4N/c14-11-5-4-9(13(15,16)17)7-10(11)12(18)6-8-2-1-3-8/h4-5,7-8,12H,1-3,6,18H2. The van der Waals surface area contributed by atoms with Crippen molar-refractivity contribution in [1.29, 1.82) is 0 Å². The number of alkyl halides is 3. The van der Waals surface area contributed by atoms with Gasteiger partial charge in [-0.2, -0.15) is 13.2 Å². The Hall–Kier alpha value is -1.10. The zero-order chi connectivity index (χ0) is 13.3. The van der Waals surface area contributed by atoms with Crippen molar-refractivity contribution in [2.24, 2.45) is 11.7 Å². The first-order valence-electron chi connectivity index (χ1n) is 6.00. The Morgan fingerprint density at radius 2 is 1.94 bits per heavy atom. The summed E-state index contributed by atoms with van der Waals surface area (Å²) >= 11 is 0. The first-order chi connectivity index (χ1) is 8.38. The summed E-state index contributed by atoms with van der Waals surface area (Å²) < 4.78 is 51.2. The van der Waals surface area contributed by atoms with Crippen molar-refractivity contribution in [2.45, 2.75) is 37.9 Å². The van der Waals surface area contributed by atoms with E-state index in [0.717, 1.165) is 37.5 Å². The molecule has 0 heterocycles. The highest BCUT2D eigenvalue weighted by Crippen LogP contribution is 2.36. The van der Waals surface area contributed by atoms with Gasteiger partial charge in [0.25, 0.3) is 0 Å². The van der Waals surface area contributed by atoms with Crippen LogP contribution in [0, 0.1) is 11.7 Å². The SMILES string of the molecule is NC(CC1CCC1)c1cc(C(F)(F)F)ccc1F. The highest BCUT2D eigenvalue weighted by atomic mass is 19.4. The molecule has 0 radical (unpaired) electrons. The molecule has 0 bridgehead atoms. The van der Waals surface area contributed by atoms with Crippen molar-refractivity contribution in [3.8, 4) is 0 Å². The molecular formula is C13H15F4N. The highest BCUT2D eigenvalue weighted by molar-refractivity contribution is 5.29. The van der Waals surface area contributed by atoms with Gasteiger partial charge in [-0.25, -0.2) is 4.39 Å². The third-order valence-corrected chi connectivity index (χ3v) is 3.53. The van der Waals surface area contributed by atoms with Gasteiger partial charge in [0, 0.05) is 11.6 Å². The van der Waals surface area contributed by atoms with E-state index in [-0.39, 0.29) is 5.56 Å². The Kier molecular flexibility index (Phi) is 3.61. The quantitative estimate of drug-likeness (QED) is 0.817. The number of halogens is 4.